The summed E-state index contributed by atoms with van der Waals surface area (Å²) in [4.78, 5) is 12.4. The molecule has 0 unspecified atom stereocenters. The largest absolute Gasteiger partial charge is 0.491 e. The van der Waals surface area contributed by atoms with Gasteiger partial charge in [-0.25, -0.2) is 0 Å². The van der Waals surface area contributed by atoms with Gasteiger partial charge in [0.2, 0.25) is 0 Å². The topological polar surface area (TPSA) is 68.2 Å². The zero-order valence-electron chi connectivity index (χ0n) is 18.9. The van der Waals surface area contributed by atoms with Gasteiger partial charge in [0.25, 0.3) is 5.91 Å². The normalized spacial score (nSPS) is 10.6. The number of carbonyl (C=O) groups excluding carboxylic acids is 1. The van der Waals surface area contributed by atoms with E-state index in [2.05, 4.69) is 47.4 Å². The number of amides is 1. The Morgan fingerprint density at radius 3 is 2.78 bits per heavy atom. The summed E-state index contributed by atoms with van der Waals surface area (Å²) >= 11 is 0. The average molecular weight is 433 g/mol. The van der Waals surface area contributed by atoms with Gasteiger partial charge in [0.1, 0.15) is 12.4 Å². The Morgan fingerprint density at radius 2 is 2.03 bits per heavy atom. The summed E-state index contributed by atoms with van der Waals surface area (Å²) in [6, 6.07) is 15.9. The van der Waals surface area contributed by atoms with E-state index in [1.807, 2.05) is 48.3 Å². The van der Waals surface area contributed by atoms with Gasteiger partial charge in [-0.05, 0) is 60.2 Å². The highest BCUT2D eigenvalue weighted by molar-refractivity contribution is 5.94. The van der Waals surface area contributed by atoms with E-state index in [1.165, 1.54) is 0 Å². The molecule has 3 rings (SSSR count). The van der Waals surface area contributed by atoms with Gasteiger partial charge in [-0.2, -0.15) is 5.10 Å². The summed E-state index contributed by atoms with van der Waals surface area (Å²) < 4.78 is 7.98. The van der Waals surface area contributed by atoms with Crippen LogP contribution in [0.4, 0.5) is 0 Å². The molecule has 32 heavy (non-hydrogen) atoms. The van der Waals surface area contributed by atoms with E-state index in [0.29, 0.717) is 25.3 Å². The van der Waals surface area contributed by atoms with Crippen LogP contribution in [-0.4, -0.2) is 35.9 Å². The summed E-state index contributed by atoms with van der Waals surface area (Å²) in [7, 11) is 1.88. The van der Waals surface area contributed by atoms with Crippen molar-refractivity contribution in [1.82, 2.24) is 20.4 Å². The van der Waals surface area contributed by atoms with Crippen LogP contribution >= 0.6 is 0 Å². The van der Waals surface area contributed by atoms with Crippen molar-refractivity contribution in [3.05, 3.63) is 95.5 Å². The summed E-state index contributed by atoms with van der Waals surface area (Å²) in [5.74, 6) is 0.752. The van der Waals surface area contributed by atoms with Crippen molar-refractivity contribution in [3.63, 3.8) is 0 Å². The van der Waals surface area contributed by atoms with Crippen molar-refractivity contribution in [2.75, 3.05) is 20.2 Å². The lowest BCUT2D eigenvalue weighted by Crippen LogP contribution is -2.28. The number of carbonyl (C=O) groups is 1. The van der Waals surface area contributed by atoms with Gasteiger partial charge in [-0.3, -0.25) is 9.48 Å². The molecule has 1 aromatic heterocycles. The zero-order valence-corrected chi connectivity index (χ0v) is 18.9. The number of allylic oxidation sites excluding steroid dienone is 1. The third kappa shape index (κ3) is 6.74. The van der Waals surface area contributed by atoms with Crippen LogP contribution in [0.1, 0.15) is 40.4 Å². The Bertz CT molecular complexity index is 1030. The second kappa shape index (κ2) is 11.7. The molecule has 0 fully saturated rings. The first-order valence-corrected chi connectivity index (χ1v) is 11.0. The van der Waals surface area contributed by atoms with E-state index in [9.17, 15) is 4.79 Å². The first-order valence-electron chi connectivity index (χ1n) is 11.0. The lowest BCUT2D eigenvalue weighted by Gasteiger charge is -2.15. The van der Waals surface area contributed by atoms with E-state index in [0.717, 1.165) is 47.4 Å². The first kappa shape index (κ1) is 23.1. The number of hydrogen-bond donors (Lipinski definition) is 2. The Hall–Kier alpha value is -3.54. The van der Waals surface area contributed by atoms with Gasteiger partial charge in [0, 0.05) is 30.7 Å². The molecule has 0 radical (unpaired) electrons. The third-order valence-corrected chi connectivity index (χ3v) is 5.33. The minimum atomic E-state index is -0.0816. The molecule has 6 nitrogen and oxygen atoms in total. The summed E-state index contributed by atoms with van der Waals surface area (Å²) in [5.41, 5.74) is 5.04. The number of benzene rings is 2. The maximum atomic E-state index is 12.4. The van der Waals surface area contributed by atoms with E-state index in [4.69, 9.17) is 4.74 Å². The smallest absolute Gasteiger partial charge is 0.251 e. The molecular weight excluding hydrogens is 400 g/mol. The first-order chi connectivity index (χ1) is 15.6. The van der Waals surface area contributed by atoms with Gasteiger partial charge in [-0.1, -0.05) is 37.8 Å². The molecule has 1 amide bonds. The molecule has 0 aliphatic rings. The summed E-state index contributed by atoms with van der Waals surface area (Å²) in [5, 5.41) is 10.3. The molecular formula is C26H32N4O2. The summed E-state index contributed by atoms with van der Waals surface area (Å²) in [6.07, 6.45) is 6.27. The van der Waals surface area contributed by atoms with Crippen LogP contribution in [0.2, 0.25) is 0 Å². The number of nitrogens with one attached hydrogen (secondary N) is 2. The lowest BCUT2D eigenvalue weighted by molar-refractivity contribution is 0.0947. The molecule has 6 heteroatoms. The van der Waals surface area contributed by atoms with Gasteiger partial charge in [0.05, 0.1) is 13.1 Å². The van der Waals surface area contributed by atoms with Gasteiger partial charge in [-0.15, -0.1) is 0 Å². The zero-order chi connectivity index (χ0) is 22.8. The molecule has 0 saturated carbocycles. The van der Waals surface area contributed by atoms with E-state index < -0.39 is 0 Å². The van der Waals surface area contributed by atoms with Crippen molar-refractivity contribution >= 4 is 5.91 Å². The quantitative estimate of drug-likeness (QED) is 0.425. The Kier molecular flexibility index (Phi) is 8.49. The number of hydrogen-bond acceptors (Lipinski definition) is 4. The van der Waals surface area contributed by atoms with Gasteiger partial charge in [0.15, 0.2) is 0 Å². The molecule has 0 aliphatic carbocycles. The molecule has 0 bridgehead atoms. The second-order valence-corrected chi connectivity index (χ2v) is 7.66. The minimum Gasteiger partial charge on any atom is -0.491 e. The number of rotatable bonds is 12. The van der Waals surface area contributed by atoms with Gasteiger partial charge < -0.3 is 15.4 Å². The van der Waals surface area contributed by atoms with E-state index in [1.54, 1.807) is 6.20 Å². The Morgan fingerprint density at radius 1 is 1.16 bits per heavy atom. The van der Waals surface area contributed by atoms with Crippen LogP contribution in [0.25, 0.3) is 0 Å². The molecule has 0 aliphatic heterocycles. The SMILES string of the molecule is C=C(CCc1ccc(Cn2cccn2)cc1OCCNC(=O)c1cccc(CC)c1)NC. The van der Waals surface area contributed by atoms with Crippen molar-refractivity contribution in [2.45, 2.75) is 32.7 Å². The van der Waals surface area contributed by atoms with Crippen LogP contribution in [-0.2, 0) is 19.4 Å². The van der Waals surface area contributed by atoms with E-state index >= 15 is 0 Å². The fourth-order valence-corrected chi connectivity index (χ4v) is 3.39. The molecule has 168 valence electrons. The van der Waals surface area contributed by atoms with Crippen LogP contribution < -0.4 is 15.4 Å². The van der Waals surface area contributed by atoms with Crippen LogP contribution in [0.5, 0.6) is 5.75 Å². The lowest BCUT2D eigenvalue weighted by atomic mass is 10.0. The predicted molar refractivity (Wildman–Crippen MR) is 128 cm³/mol. The highest BCUT2D eigenvalue weighted by Gasteiger charge is 2.09. The van der Waals surface area contributed by atoms with Gasteiger partial charge >= 0.3 is 0 Å². The molecule has 0 saturated heterocycles. The molecule has 2 N–H and O–H groups in total. The third-order valence-electron chi connectivity index (χ3n) is 5.33. The van der Waals surface area contributed by atoms with Crippen LogP contribution in [0, 0.1) is 0 Å². The van der Waals surface area contributed by atoms with E-state index in [-0.39, 0.29) is 5.91 Å². The highest BCUT2D eigenvalue weighted by atomic mass is 16.5. The second-order valence-electron chi connectivity index (χ2n) is 7.66. The maximum absolute atomic E-state index is 12.4. The predicted octanol–water partition coefficient (Wildman–Crippen LogP) is 3.97. The molecule has 3 aromatic rings. The van der Waals surface area contributed by atoms with Crippen molar-refractivity contribution in [1.29, 1.82) is 0 Å². The van der Waals surface area contributed by atoms with Crippen molar-refractivity contribution in [2.24, 2.45) is 0 Å². The number of nitrogens with zero attached hydrogens (tertiary/aromatic N) is 2. The standard InChI is InChI=1S/C26H32N4O2/c1-4-21-7-5-8-24(17-21)26(31)28-14-16-32-25-18-22(19-30-15-6-13-29-30)10-12-23(25)11-9-20(2)27-3/h5-8,10,12-13,15,17-18,27H,2,4,9,11,14,16,19H2,1,3H3,(H,28,31). The monoisotopic (exact) mass is 432 g/mol. The number of ether oxygens (including phenoxy) is 1. The summed E-state index contributed by atoms with van der Waals surface area (Å²) in [6.45, 7) is 7.59. The highest BCUT2D eigenvalue weighted by Crippen LogP contribution is 2.23. The molecule has 0 atom stereocenters. The minimum absolute atomic E-state index is 0.0816. The fraction of sp³-hybridized carbons (Fsp3) is 0.308. The van der Waals surface area contributed by atoms with Crippen molar-refractivity contribution in [3.8, 4) is 5.75 Å². The fourth-order valence-electron chi connectivity index (χ4n) is 3.39. The van der Waals surface area contributed by atoms with Crippen LogP contribution in [0.15, 0.2) is 73.2 Å². The molecule has 1 heterocycles. The number of aromatic nitrogens is 2. The maximum Gasteiger partial charge on any atom is 0.251 e. The van der Waals surface area contributed by atoms with Crippen LogP contribution in [0.3, 0.4) is 0 Å². The Balaban J connectivity index is 1.61. The molecule has 2 aromatic carbocycles. The number of aryl methyl sites for hydroxylation is 2. The average Bonchev–Trinajstić information content (AvgIpc) is 3.33. The van der Waals surface area contributed by atoms with Crippen molar-refractivity contribution < 1.29 is 9.53 Å². The molecule has 0 spiro atoms. The Labute approximate surface area is 190 Å².